The van der Waals surface area contributed by atoms with Crippen LogP contribution in [0.3, 0.4) is 0 Å². The summed E-state index contributed by atoms with van der Waals surface area (Å²) in [7, 11) is 0. The Morgan fingerprint density at radius 2 is 1.82 bits per heavy atom. The number of nitrogens with zero attached hydrogens (tertiary/aromatic N) is 2. The Hall–Kier alpha value is -3.79. The number of esters is 1. The Morgan fingerprint density at radius 1 is 1.07 bits per heavy atom. The average Bonchev–Trinajstić information content (AvgIpc) is 3.62. The number of likely N-dealkylation sites (tertiary alicyclic amines) is 1. The lowest BCUT2D eigenvalue weighted by Gasteiger charge is -2.41. The number of hydrogen-bond donors (Lipinski definition) is 1. The topological polar surface area (TPSA) is 96.0 Å². The summed E-state index contributed by atoms with van der Waals surface area (Å²) >= 11 is 12.6. The Labute approximate surface area is 263 Å². The number of ketones is 1. The van der Waals surface area contributed by atoms with Gasteiger partial charge in [-0.25, -0.2) is 4.39 Å². The molecule has 4 aliphatic rings. The first kappa shape index (κ1) is 29.0. The van der Waals surface area contributed by atoms with E-state index in [9.17, 15) is 19.2 Å². The molecule has 11 heteroatoms. The van der Waals surface area contributed by atoms with Crippen molar-refractivity contribution in [2.45, 2.75) is 37.3 Å². The van der Waals surface area contributed by atoms with Gasteiger partial charge in [0.2, 0.25) is 11.8 Å². The Morgan fingerprint density at radius 3 is 2.52 bits per heavy atom. The maximum absolute atomic E-state index is 16.0. The third kappa shape index (κ3) is 4.44. The highest BCUT2D eigenvalue weighted by atomic mass is 35.5. The lowest BCUT2D eigenvalue weighted by atomic mass is 9.71. The molecule has 8 nitrogen and oxygen atoms in total. The van der Waals surface area contributed by atoms with Crippen molar-refractivity contribution in [3.63, 3.8) is 0 Å². The smallest absolute Gasteiger partial charge is 0.303 e. The van der Waals surface area contributed by atoms with Gasteiger partial charge in [0.05, 0.1) is 10.9 Å². The van der Waals surface area contributed by atoms with Gasteiger partial charge in [-0.1, -0.05) is 41.4 Å². The van der Waals surface area contributed by atoms with Crippen LogP contribution in [-0.2, 0) is 24.7 Å². The molecule has 0 unspecified atom stereocenters. The number of amides is 2. The van der Waals surface area contributed by atoms with E-state index in [2.05, 4.69) is 10.2 Å². The molecule has 3 aliphatic heterocycles. The van der Waals surface area contributed by atoms with Crippen molar-refractivity contribution in [1.82, 2.24) is 4.90 Å². The van der Waals surface area contributed by atoms with Crippen LogP contribution in [0.5, 0.6) is 0 Å². The molecular weight excluding hydrogens is 608 g/mol. The molecule has 2 amide bonds. The summed E-state index contributed by atoms with van der Waals surface area (Å²) < 4.78 is 20.8. The highest BCUT2D eigenvalue weighted by molar-refractivity contribution is 6.31. The zero-order valence-electron chi connectivity index (χ0n) is 23.7. The van der Waals surface area contributed by atoms with Gasteiger partial charge < -0.3 is 15.0 Å². The maximum atomic E-state index is 16.0. The summed E-state index contributed by atoms with van der Waals surface area (Å²) in [5.74, 6) is -3.42. The zero-order valence-corrected chi connectivity index (χ0v) is 25.2. The lowest BCUT2D eigenvalue weighted by Crippen LogP contribution is -2.54. The van der Waals surface area contributed by atoms with Crippen LogP contribution >= 0.6 is 23.2 Å². The van der Waals surface area contributed by atoms with E-state index in [0.717, 1.165) is 12.8 Å². The normalized spacial score (nSPS) is 25.7. The molecule has 4 atom stereocenters. The van der Waals surface area contributed by atoms with E-state index in [1.165, 1.54) is 13.0 Å². The molecule has 226 valence electrons. The number of carbonyl (C=O) groups is 4. The number of carbonyl (C=O) groups excluding carboxylic acids is 4. The molecule has 0 aromatic heterocycles. The van der Waals surface area contributed by atoms with E-state index in [1.54, 1.807) is 59.5 Å². The number of halogens is 3. The molecule has 1 aliphatic carbocycles. The lowest BCUT2D eigenvalue weighted by molar-refractivity contribution is -0.139. The third-order valence-electron chi connectivity index (χ3n) is 9.36. The van der Waals surface area contributed by atoms with Crippen LogP contribution in [0.25, 0.3) is 0 Å². The van der Waals surface area contributed by atoms with Crippen molar-refractivity contribution in [3.8, 4) is 0 Å². The van der Waals surface area contributed by atoms with E-state index in [1.807, 2.05) is 0 Å². The molecule has 1 N–H and O–H groups in total. The van der Waals surface area contributed by atoms with Gasteiger partial charge in [0, 0.05) is 59.5 Å². The number of ether oxygens (including phenoxy) is 1. The SMILES string of the molecule is CC(=O)OCC(=O)c1ccc(N2C[C@H]3[C@@H](C2=O)[C@H](c2cccc(Cl)c2F)[C@]2(C(=O)Nc4cc(Cl)ccc42)N3CC2CC2)cc1. The summed E-state index contributed by atoms with van der Waals surface area (Å²) in [6, 6.07) is 16.0. The fraction of sp³-hybridized carbons (Fsp3) is 0.333. The van der Waals surface area contributed by atoms with Crippen LogP contribution < -0.4 is 10.2 Å². The largest absolute Gasteiger partial charge is 0.457 e. The van der Waals surface area contributed by atoms with Crippen LogP contribution in [-0.4, -0.2) is 54.2 Å². The molecule has 0 radical (unpaired) electrons. The Bertz CT molecular complexity index is 1730. The molecule has 0 bridgehead atoms. The average molecular weight is 637 g/mol. The number of fused-ring (bicyclic) bond motifs is 3. The fourth-order valence-corrected chi connectivity index (χ4v) is 7.68. The first-order chi connectivity index (χ1) is 21.1. The second kappa shape index (κ2) is 10.7. The van der Waals surface area contributed by atoms with E-state index >= 15 is 4.39 Å². The first-order valence-electron chi connectivity index (χ1n) is 14.5. The summed E-state index contributed by atoms with van der Waals surface area (Å²) in [6.07, 6.45) is 2.02. The quantitative estimate of drug-likeness (QED) is 0.269. The molecule has 2 saturated heterocycles. The van der Waals surface area contributed by atoms with Gasteiger partial charge in [0.15, 0.2) is 12.4 Å². The van der Waals surface area contributed by atoms with Crippen LogP contribution in [0.4, 0.5) is 15.8 Å². The van der Waals surface area contributed by atoms with Crippen molar-refractivity contribution in [2.75, 3.05) is 29.9 Å². The van der Waals surface area contributed by atoms with Crippen LogP contribution in [0.1, 0.15) is 47.2 Å². The fourth-order valence-electron chi connectivity index (χ4n) is 7.33. The highest BCUT2D eigenvalue weighted by Crippen LogP contribution is 2.62. The molecule has 3 heterocycles. The monoisotopic (exact) mass is 635 g/mol. The van der Waals surface area contributed by atoms with Gasteiger partial charge in [0.1, 0.15) is 11.4 Å². The second-order valence-electron chi connectivity index (χ2n) is 11.9. The van der Waals surface area contributed by atoms with Crippen molar-refractivity contribution in [3.05, 3.63) is 93.2 Å². The van der Waals surface area contributed by atoms with E-state index < -0.39 is 35.2 Å². The van der Waals surface area contributed by atoms with Gasteiger partial charge >= 0.3 is 5.97 Å². The van der Waals surface area contributed by atoms with Crippen LogP contribution in [0.2, 0.25) is 10.0 Å². The molecule has 44 heavy (non-hydrogen) atoms. The van der Waals surface area contributed by atoms with Crippen molar-refractivity contribution in [2.24, 2.45) is 11.8 Å². The van der Waals surface area contributed by atoms with Crippen molar-refractivity contribution in [1.29, 1.82) is 0 Å². The summed E-state index contributed by atoms with van der Waals surface area (Å²) in [5.41, 5.74) is 0.994. The number of Topliss-reactive ketones (excluding diaryl/α,β-unsaturated/α-hetero) is 1. The zero-order chi connectivity index (χ0) is 30.9. The predicted octanol–water partition coefficient (Wildman–Crippen LogP) is 5.57. The van der Waals surface area contributed by atoms with Crippen LogP contribution in [0, 0.1) is 17.7 Å². The van der Waals surface area contributed by atoms with E-state index in [-0.39, 0.29) is 41.3 Å². The summed E-state index contributed by atoms with van der Waals surface area (Å²) in [6.45, 7) is 1.70. The van der Waals surface area contributed by atoms with Gasteiger partial charge in [-0.2, -0.15) is 0 Å². The Kier molecular flexibility index (Phi) is 7.03. The Balaban J connectivity index is 1.33. The maximum Gasteiger partial charge on any atom is 0.303 e. The number of benzene rings is 3. The van der Waals surface area contributed by atoms with Gasteiger partial charge in [0.25, 0.3) is 0 Å². The molecule has 1 spiro atoms. The minimum Gasteiger partial charge on any atom is -0.457 e. The number of anilines is 2. The molecule has 3 aromatic rings. The van der Waals surface area contributed by atoms with Crippen LogP contribution in [0.15, 0.2) is 60.7 Å². The molecule has 3 aromatic carbocycles. The number of rotatable bonds is 7. The molecule has 1 saturated carbocycles. The highest BCUT2D eigenvalue weighted by Gasteiger charge is 2.71. The summed E-state index contributed by atoms with van der Waals surface area (Å²) in [4.78, 5) is 56.1. The minimum absolute atomic E-state index is 0.0825. The molecule has 3 fully saturated rings. The second-order valence-corrected chi connectivity index (χ2v) is 12.8. The van der Waals surface area contributed by atoms with Gasteiger partial charge in [-0.05, 0) is 66.8 Å². The summed E-state index contributed by atoms with van der Waals surface area (Å²) in [5, 5.41) is 3.37. The molecular formula is C33H28Cl2FN3O5. The standard InChI is InChI=1S/C33H28Cl2FN3O5/c1-17(40)44-16-27(41)19-7-10-21(11-8-19)38-15-26-28(31(38)42)29(22-3-2-4-24(35)30(22)36)33(39(26)14-18-5-6-18)23-12-9-20(34)13-25(23)37-32(33)43/h2-4,7-13,18,26,28-29H,5-6,14-16H2,1H3,(H,37,43)/t26-,28+,29-,33+/m0/s1. The number of hydrogen-bond acceptors (Lipinski definition) is 6. The van der Waals surface area contributed by atoms with E-state index in [0.29, 0.717) is 40.0 Å². The first-order valence-corrected chi connectivity index (χ1v) is 15.3. The van der Waals surface area contributed by atoms with Gasteiger partial charge in [-0.3, -0.25) is 24.1 Å². The van der Waals surface area contributed by atoms with Crippen molar-refractivity contribution < 1.29 is 28.3 Å². The van der Waals surface area contributed by atoms with Crippen molar-refractivity contribution >= 4 is 58.1 Å². The van der Waals surface area contributed by atoms with Gasteiger partial charge in [-0.15, -0.1) is 0 Å². The third-order valence-corrected chi connectivity index (χ3v) is 9.89. The van der Waals surface area contributed by atoms with E-state index in [4.69, 9.17) is 27.9 Å². The minimum atomic E-state index is -1.35. The predicted molar refractivity (Wildman–Crippen MR) is 162 cm³/mol. The number of nitrogens with one attached hydrogen (secondary N) is 1. The molecule has 7 rings (SSSR count).